The second-order valence-electron chi connectivity index (χ2n) is 9.13. The molecule has 0 aliphatic carbocycles. The molecule has 2 N–H and O–H groups in total. The number of carboxylic acids is 1. The largest absolute Gasteiger partial charge is 0.479 e. The molecule has 0 spiro atoms. The Kier molecular flexibility index (Phi) is 4.60. The zero-order valence-corrected chi connectivity index (χ0v) is 18.4. The molecule has 0 bridgehead atoms. The molecule has 1 unspecified atom stereocenters. The van der Waals surface area contributed by atoms with E-state index >= 15 is 0 Å². The molecule has 0 amide bonds. The lowest BCUT2D eigenvalue weighted by atomic mass is 9.88. The van der Waals surface area contributed by atoms with Crippen LogP contribution in [-0.2, 0) is 9.53 Å². The van der Waals surface area contributed by atoms with Crippen LogP contribution in [0.3, 0.4) is 0 Å². The van der Waals surface area contributed by atoms with Gasteiger partial charge >= 0.3 is 5.97 Å². The van der Waals surface area contributed by atoms with E-state index in [0.717, 1.165) is 33.4 Å². The van der Waals surface area contributed by atoms with E-state index < -0.39 is 11.6 Å². The Morgan fingerprint density at radius 3 is 2.81 bits per heavy atom. The summed E-state index contributed by atoms with van der Waals surface area (Å²) in [6.07, 6.45) is 2.08. The van der Waals surface area contributed by atoms with E-state index in [9.17, 15) is 14.3 Å². The Balaban J connectivity index is 1.84. The van der Waals surface area contributed by atoms with Crippen molar-refractivity contribution in [2.45, 2.75) is 51.6 Å². The molecule has 4 aromatic rings. The van der Waals surface area contributed by atoms with Crippen molar-refractivity contribution < 1.29 is 19.0 Å². The number of fused-ring (bicyclic) bond motifs is 2. The first-order chi connectivity index (χ1) is 15.2. The quantitative estimate of drug-likeness (QED) is 0.478. The van der Waals surface area contributed by atoms with Crippen molar-refractivity contribution in [3.63, 3.8) is 0 Å². The molecule has 4 heterocycles. The van der Waals surface area contributed by atoms with Gasteiger partial charge in [-0.15, -0.1) is 0 Å². The summed E-state index contributed by atoms with van der Waals surface area (Å²) < 4.78 is 22.0. The zero-order valence-electron chi connectivity index (χ0n) is 18.4. The number of pyridine rings is 1. The minimum absolute atomic E-state index is 0.109. The second kappa shape index (κ2) is 7.13. The summed E-state index contributed by atoms with van der Waals surface area (Å²) in [5, 5.41) is 17.6. The van der Waals surface area contributed by atoms with Crippen LogP contribution in [0.5, 0.6) is 0 Å². The number of nitrogens with zero attached hydrogens (tertiary/aromatic N) is 3. The Bertz CT molecular complexity index is 1370. The first-order valence-electron chi connectivity index (χ1n) is 10.7. The smallest absolute Gasteiger partial charge is 0.335 e. The molecule has 0 saturated carbocycles. The molecule has 7 nitrogen and oxygen atoms in total. The minimum atomic E-state index is -1.24. The normalized spacial score (nSPS) is 21.2. The Morgan fingerprint density at radius 1 is 1.38 bits per heavy atom. The van der Waals surface area contributed by atoms with Crippen LogP contribution in [0.4, 0.5) is 4.39 Å². The molecule has 166 valence electrons. The fraction of sp³-hybridized carbons (Fsp3) is 0.375. The molecular formula is C24H25FN4O3. The molecular weight excluding hydrogens is 411 g/mol. The average molecular weight is 436 g/mol. The SMILES string of the molecule is Cc1cc(-n2c(C(C)C)c(C3CO[C@](C)(C(=O)O)C3)c3nc4[nH]ncc4cc32)ccc1F. The van der Waals surface area contributed by atoms with Crippen molar-refractivity contribution in [2.24, 2.45) is 0 Å². The summed E-state index contributed by atoms with van der Waals surface area (Å²) in [4.78, 5) is 16.7. The maximum absolute atomic E-state index is 14.1. The third-order valence-electron chi connectivity index (χ3n) is 6.47. The second-order valence-corrected chi connectivity index (χ2v) is 9.13. The fourth-order valence-electron chi connectivity index (χ4n) is 4.83. The highest BCUT2D eigenvalue weighted by molar-refractivity contribution is 5.94. The molecule has 32 heavy (non-hydrogen) atoms. The summed E-state index contributed by atoms with van der Waals surface area (Å²) in [5.74, 6) is -1.24. The molecule has 1 aliphatic heterocycles. The lowest BCUT2D eigenvalue weighted by Gasteiger charge is -2.19. The van der Waals surface area contributed by atoms with Crippen molar-refractivity contribution >= 4 is 28.0 Å². The highest BCUT2D eigenvalue weighted by Crippen LogP contribution is 2.45. The minimum Gasteiger partial charge on any atom is -0.479 e. The van der Waals surface area contributed by atoms with Gasteiger partial charge in [-0.05, 0) is 56.0 Å². The third kappa shape index (κ3) is 3.01. The topological polar surface area (TPSA) is 93.0 Å². The summed E-state index contributed by atoms with van der Waals surface area (Å²) in [5.41, 5.74) is 4.51. The van der Waals surface area contributed by atoms with Gasteiger partial charge in [0, 0.05) is 28.2 Å². The number of halogens is 1. The van der Waals surface area contributed by atoms with Gasteiger partial charge in [-0.2, -0.15) is 5.10 Å². The van der Waals surface area contributed by atoms with Gasteiger partial charge in [0.25, 0.3) is 0 Å². The third-order valence-corrected chi connectivity index (χ3v) is 6.47. The monoisotopic (exact) mass is 436 g/mol. The van der Waals surface area contributed by atoms with E-state index in [2.05, 4.69) is 28.6 Å². The molecule has 5 rings (SSSR count). The number of rotatable bonds is 4. The predicted molar refractivity (Wildman–Crippen MR) is 119 cm³/mol. The Labute approximate surface area is 184 Å². The molecule has 1 aromatic carbocycles. The highest BCUT2D eigenvalue weighted by atomic mass is 19.1. The van der Waals surface area contributed by atoms with Crippen LogP contribution in [0.1, 0.15) is 55.8 Å². The van der Waals surface area contributed by atoms with Crippen LogP contribution in [0, 0.1) is 12.7 Å². The number of benzene rings is 1. The first-order valence-corrected chi connectivity index (χ1v) is 10.7. The van der Waals surface area contributed by atoms with Gasteiger partial charge in [0.15, 0.2) is 11.2 Å². The van der Waals surface area contributed by atoms with Crippen LogP contribution in [0.2, 0.25) is 0 Å². The molecule has 0 radical (unpaired) electrons. The number of ether oxygens (including phenoxy) is 1. The molecule has 1 saturated heterocycles. The van der Waals surface area contributed by atoms with E-state index in [1.54, 1.807) is 26.1 Å². The van der Waals surface area contributed by atoms with Gasteiger partial charge in [-0.3, -0.25) is 5.10 Å². The number of nitrogens with one attached hydrogen (secondary N) is 1. The lowest BCUT2D eigenvalue weighted by Crippen LogP contribution is -2.34. The highest BCUT2D eigenvalue weighted by Gasteiger charge is 2.45. The van der Waals surface area contributed by atoms with E-state index in [0.29, 0.717) is 24.2 Å². The van der Waals surface area contributed by atoms with E-state index in [1.165, 1.54) is 6.07 Å². The summed E-state index contributed by atoms with van der Waals surface area (Å²) in [6, 6.07) is 7.10. The molecule has 2 atom stereocenters. The lowest BCUT2D eigenvalue weighted by molar-refractivity contribution is -0.157. The van der Waals surface area contributed by atoms with Crippen molar-refractivity contribution in [2.75, 3.05) is 6.61 Å². The number of hydrogen-bond donors (Lipinski definition) is 2. The standard InChI is InChI=1S/C24H25FN4O3/c1-12(2)21-19(15-9-24(4,23(30)31)32-11-15)20-18(8-14-10-26-28-22(14)27-20)29(21)16-5-6-17(25)13(3)7-16/h5-8,10,12,15H,9,11H2,1-4H3,(H,30,31)(H,26,27,28)/t15?,24-/m0/s1. The summed E-state index contributed by atoms with van der Waals surface area (Å²) in [7, 11) is 0. The van der Waals surface area contributed by atoms with Crippen molar-refractivity contribution in [3.8, 4) is 5.69 Å². The molecule has 3 aromatic heterocycles. The number of aromatic amines is 1. The average Bonchev–Trinajstić information content (AvgIpc) is 3.43. The van der Waals surface area contributed by atoms with E-state index in [4.69, 9.17) is 9.72 Å². The summed E-state index contributed by atoms with van der Waals surface area (Å²) >= 11 is 0. The molecule has 1 aliphatic rings. The maximum atomic E-state index is 14.1. The number of carbonyl (C=O) groups is 1. The van der Waals surface area contributed by atoms with Gasteiger partial charge in [0.2, 0.25) is 0 Å². The van der Waals surface area contributed by atoms with E-state index in [-0.39, 0.29) is 17.7 Å². The Morgan fingerprint density at radius 2 is 2.16 bits per heavy atom. The number of aromatic nitrogens is 4. The maximum Gasteiger partial charge on any atom is 0.335 e. The number of aliphatic carboxylic acids is 1. The van der Waals surface area contributed by atoms with Gasteiger partial charge in [0.05, 0.1) is 23.8 Å². The van der Waals surface area contributed by atoms with Crippen LogP contribution in [-0.4, -0.2) is 43.0 Å². The van der Waals surface area contributed by atoms with Crippen LogP contribution >= 0.6 is 0 Å². The zero-order chi connectivity index (χ0) is 22.8. The van der Waals surface area contributed by atoms with Crippen molar-refractivity contribution in [1.82, 2.24) is 19.7 Å². The van der Waals surface area contributed by atoms with Gasteiger partial charge in [-0.1, -0.05) is 13.8 Å². The predicted octanol–water partition coefficient (Wildman–Crippen LogP) is 4.82. The van der Waals surface area contributed by atoms with Gasteiger partial charge in [-0.25, -0.2) is 14.2 Å². The van der Waals surface area contributed by atoms with Crippen LogP contribution < -0.4 is 0 Å². The molecule has 1 fully saturated rings. The number of carboxylic acid groups (broad SMARTS) is 1. The first kappa shape index (κ1) is 20.6. The number of hydrogen-bond acceptors (Lipinski definition) is 4. The van der Waals surface area contributed by atoms with Crippen molar-refractivity contribution in [3.05, 3.63) is 53.1 Å². The molecule has 8 heteroatoms. The van der Waals surface area contributed by atoms with Crippen molar-refractivity contribution in [1.29, 1.82) is 0 Å². The number of H-pyrrole nitrogens is 1. The number of aryl methyl sites for hydroxylation is 1. The Hall–Kier alpha value is -3.26. The fourth-order valence-corrected chi connectivity index (χ4v) is 4.83. The van der Waals surface area contributed by atoms with Gasteiger partial charge in [0.1, 0.15) is 5.82 Å². The summed E-state index contributed by atoms with van der Waals surface area (Å²) in [6.45, 7) is 7.87. The van der Waals surface area contributed by atoms with Crippen LogP contribution in [0.25, 0.3) is 27.8 Å². The van der Waals surface area contributed by atoms with Gasteiger partial charge < -0.3 is 14.4 Å². The van der Waals surface area contributed by atoms with E-state index in [1.807, 2.05) is 12.1 Å². The van der Waals surface area contributed by atoms with Crippen LogP contribution in [0.15, 0.2) is 30.5 Å².